The Morgan fingerprint density at radius 1 is 0.677 bits per heavy atom. The molecule has 31 heavy (non-hydrogen) atoms. The number of hydrogen-bond donors (Lipinski definition) is 1. The zero-order valence-electron chi connectivity index (χ0n) is 17.9. The van der Waals surface area contributed by atoms with Gasteiger partial charge in [-0.1, -0.05) is 60.7 Å². The summed E-state index contributed by atoms with van der Waals surface area (Å²) in [5, 5.41) is 3.05. The first-order chi connectivity index (χ1) is 15.1. The van der Waals surface area contributed by atoms with Crippen molar-refractivity contribution in [2.24, 2.45) is 11.8 Å². The lowest BCUT2D eigenvalue weighted by molar-refractivity contribution is -0.0281. The Kier molecular flexibility index (Phi) is 4.31. The molecule has 1 amide bonds. The first-order valence-electron chi connectivity index (χ1n) is 11.7. The number of benzene rings is 3. The van der Waals surface area contributed by atoms with Crippen LogP contribution in [-0.2, 0) is 10.8 Å². The lowest BCUT2D eigenvalue weighted by atomic mass is 9.42. The zero-order valence-corrected chi connectivity index (χ0v) is 17.9. The van der Waals surface area contributed by atoms with Gasteiger partial charge in [0.1, 0.15) is 0 Å². The molecule has 0 heterocycles. The number of amides is 1. The lowest BCUT2D eigenvalue weighted by Crippen LogP contribution is -2.55. The molecule has 3 aromatic carbocycles. The van der Waals surface area contributed by atoms with E-state index in [-0.39, 0.29) is 5.91 Å². The second kappa shape index (κ2) is 7.09. The van der Waals surface area contributed by atoms with Crippen molar-refractivity contribution in [1.29, 1.82) is 0 Å². The number of hydrogen-bond acceptors (Lipinski definition) is 1. The topological polar surface area (TPSA) is 29.1 Å². The van der Waals surface area contributed by atoms with Gasteiger partial charge in [0.2, 0.25) is 0 Å². The number of carbonyl (C=O) groups is 1. The SMILES string of the molecule is O=C(Nc1ccc(C23C[C@H]4C[C@@H](CC(c5ccccc5)(C4)C2)C3)cc1)c1ccccc1. The highest BCUT2D eigenvalue weighted by molar-refractivity contribution is 6.04. The molecule has 7 rings (SSSR count). The van der Waals surface area contributed by atoms with Gasteiger partial charge in [-0.3, -0.25) is 4.79 Å². The monoisotopic (exact) mass is 407 g/mol. The summed E-state index contributed by atoms with van der Waals surface area (Å²) in [6, 6.07) is 29.5. The smallest absolute Gasteiger partial charge is 0.255 e. The Balaban J connectivity index is 1.28. The van der Waals surface area contributed by atoms with Crippen molar-refractivity contribution in [2.45, 2.75) is 49.4 Å². The Morgan fingerprint density at radius 2 is 1.19 bits per heavy atom. The first kappa shape index (κ1) is 18.9. The molecule has 2 nitrogen and oxygen atoms in total. The van der Waals surface area contributed by atoms with Crippen LogP contribution in [0.3, 0.4) is 0 Å². The Labute approximate surface area is 184 Å². The van der Waals surface area contributed by atoms with Gasteiger partial charge in [0.25, 0.3) is 5.91 Å². The van der Waals surface area contributed by atoms with E-state index < -0.39 is 0 Å². The van der Waals surface area contributed by atoms with Crippen molar-refractivity contribution < 1.29 is 4.79 Å². The quantitative estimate of drug-likeness (QED) is 0.510. The van der Waals surface area contributed by atoms with E-state index in [1.807, 2.05) is 30.3 Å². The van der Waals surface area contributed by atoms with Crippen LogP contribution in [0.2, 0.25) is 0 Å². The van der Waals surface area contributed by atoms with Crippen molar-refractivity contribution in [3.05, 3.63) is 102 Å². The fourth-order valence-corrected chi connectivity index (χ4v) is 7.43. The van der Waals surface area contributed by atoms with Crippen LogP contribution in [0.15, 0.2) is 84.9 Å². The third-order valence-electron chi connectivity index (χ3n) is 8.24. The molecule has 156 valence electrons. The van der Waals surface area contributed by atoms with Crippen molar-refractivity contribution in [3.63, 3.8) is 0 Å². The molecule has 1 N–H and O–H groups in total. The van der Waals surface area contributed by atoms with Crippen LogP contribution in [0, 0.1) is 11.8 Å². The average molecular weight is 408 g/mol. The Morgan fingerprint density at radius 3 is 1.77 bits per heavy atom. The van der Waals surface area contributed by atoms with Crippen LogP contribution < -0.4 is 5.32 Å². The second-order valence-corrected chi connectivity index (χ2v) is 10.3. The summed E-state index contributed by atoms with van der Waals surface area (Å²) in [6.45, 7) is 0. The summed E-state index contributed by atoms with van der Waals surface area (Å²) < 4.78 is 0. The van der Waals surface area contributed by atoms with Crippen molar-refractivity contribution in [2.75, 3.05) is 5.32 Å². The van der Waals surface area contributed by atoms with Gasteiger partial charge in [-0.15, -0.1) is 0 Å². The summed E-state index contributed by atoms with van der Waals surface area (Å²) in [6.07, 6.45) is 8.07. The molecule has 4 saturated carbocycles. The molecule has 2 atom stereocenters. The maximum atomic E-state index is 12.5. The van der Waals surface area contributed by atoms with Crippen LogP contribution in [-0.4, -0.2) is 5.91 Å². The van der Waals surface area contributed by atoms with Gasteiger partial charge in [-0.2, -0.15) is 0 Å². The van der Waals surface area contributed by atoms with E-state index in [0.29, 0.717) is 16.4 Å². The molecule has 2 heteroatoms. The van der Waals surface area contributed by atoms with Crippen LogP contribution >= 0.6 is 0 Å². The van der Waals surface area contributed by atoms with Crippen LogP contribution in [0.25, 0.3) is 0 Å². The highest BCUT2D eigenvalue weighted by Crippen LogP contribution is 2.66. The van der Waals surface area contributed by atoms with E-state index in [2.05, 4.69) is 59.9 Å². The predicted molar refractivity (Wildman–Crippen MR) is 125 cm³/mol. The first-order valence-corrected chi connectivity index (χ1v) is 11.7. The molecular weight excluding hydrogens is 378 g/mol. The number of anilines is 1. The van der Waals surface area contributed by atoms with Gasteiger partial charge >= 0.3 is 0 Å². The average Bonchev–Trinajstić information content (AvgIpc) is 2.80. The minimum atomic E-state index is -0.0498. The zero-order chi connectivity index (χ0) is 20.9. The largest absolute Gasteiger partial charge is 0.322 e. The predicted octanol–water partition coefficient (Wildman–Crippen LogP) is 6.73. The van der Waals surface area contributed by atoms with Crippen molar-refractivity contribution in [3.8, 4) is 0 Å². The summed E-state index contributed by atoms with van der Waals surface area (Å²) in [5.41, 5.74) is 5.24. The number of carbonyl (C=O) groups excluding carboxylic acids is 1. The van der Waals surface area contributed by atoms with Crippen LogP contribution in [0.1, 0.15) is 60.0 Å². The fourth-order valence-electron chi connectivity index (χ4n) is 7.43. The standard InChI is InChI=1S/C29H29NO/c31-27(23-7-3-1-4-8-23)30-26-13-11-25(12-14-26)29-18-21-15-22(19-29)17-28(16-21,20-29)24-9-5-2-6-10-24/h1-14,21-22H,15-20H2,(H,30,31)/t21-,22-,28?,29?/m0/s1. The Bertz CT molecular complexity index is 1070. The van der Waals surface area contributed by atoms with Gasteiger partial charge in [0.05, 0.1) is 0 Å². The Hall–Kier alpha value is -2.87. The van der Waals surface area contributed by atoms with Crippen molar-refractivity contribution >= 4 is 11.6 Å². The normalized spacial score (nSPS) is 30.8. The highest BCUT2D eigenvalue weighted by Gasteiger charge is 2.58. The maximum Gasteiger partial charge on any atom is 0.255 e. The van der Waals surface area contributed by atoms with E-state index in [1.54, 1.807) is 5.56 Å². The molecule has 0 spiro atoms. The van der Waals surface area contributed by atoms with Gasteiger partial charge in [-0.05, 0) is 96.6 Å². The minimum Gasteiger partial charge on any atom is -0.322 e. The van der Waals surface area contributed by atoms with E-state index >= 15 is 0 Å². The fraction of sp³-hybridized carbons (Fsp3) is 0.345. The minimum absolute atomic E-state index is 0.0498. The number of nitrogens with one attached hydrogen (secondary N) is 1. The third-order valence-corrected chi connectivity index (χ3v) is 8.24. The summed E-state index contributed by atoms with van der Waals surface area (Å²) in [5.74, 6) is 1.64. The third kappa shape index (κ3) is 3.20. The lowest BCUT2D eigenvalue weighted by Gasteiger charge is -2.62. The van der Waals surface area contributed by atoms with Crippen LogP contribution in [0.4, 0.5) is 5.69 Å². The van der Waals surface area contributed by atoms with Gasteiger partial charge in [-0.25, -0.2) is 0 Å². The molecule has 0 unspecified atom stereocenters. The maximum absolute atomic E-state index is 12.5. The molecule has 0 saturated heterocycles. The molecule has 0 radical (unpaired) electrons. The molecule has 4 bridgehead atoms. The van der Waals surface area contributed by atoms with Crippen LogP contribution in [0.5, 0.6) is 0 Å². The summed E-state index contributed by atoms with van der Waals surface area (Å²) in [4.78, 5) is 12.5. The molecule has 4 aliphatic carbocycles. The van der Waals surface area contributed by atoms with Gasteiger partial charge < -0.3 is 5.32 Å². The molecule has 3 aromatic rings. The highest BCUT2D eigenvalue weighted by atomic mass is 16.1. The molecule has 0 aliphatic heterocycles. The number of rotatable bonds is 4. The van der Waals surface area contributed by atoms with E-state index in [9.17, 15) is 4.79 Å². The van der Waals surface area contributed by atoms with Gasteiger partial charge in [0, 0.05) is 11.3 Å². The van der Waals surface area contributed by atoms with Gasteiger partial charge in [0.15, 0.2) is 0 Å². The molecule has 4 fully saturated rings. The van der Waals surface area contributed by atoms with E-state index in [1.165, 1.54) is 44.1 Å². The van der Waals surface area contributed by atoms with Crippen molar-refractivity contribution in [1.82, 2.24) is 0 Å². The second-order valence-electron chi connectivity index (χ2n) is 10.3. The summed E-state index contributed by atoms with van der Waals surface area (Å²) in [7, 11) is 0. The molecular formula is C29H29NO. The summed E-state index contributed by atoms with van der Waals surface area (Å²) >= 11 is 0. The van der Waals surface area contributed by atoms with E-state index in [0.717, 1.165) is 17.5 Å². The molecule has 0 aromatic heterocycles. The van der Waals surface area contributed by atoms with E-state index in [4.69, 9.17) is 0 Å². The molecule has 4 aliphatic rings.